The van der Waals surface area contributed by atoms with Crippen molar-refractivity contribution in [2.75, 3.05) is 26.2 Å². The zero-order valence-electron chi connectivity index (χ0n) is 23.4. The smallest absolute Gasteiger partial charge is 0.257 e. The van der Waals surface area contributed by atoms with Crippen LogP contribution in [0.1, 0.15) is 75.6 Å². The normalized spacial score (nSPS) is 18.1. The van der Waals surface area contributed by atoms with Gasteiger partial charge in [-0.3, -0.25) is 14.5 Å². The topological polar surface area (TPSA) is 58.4 Å². The van der Waals surface area contributed by atoms with E-state index < -0.39 is 0 Å². The van der Waals surface area contributed by atoms with Crippen molar-refractivity contribution in [3.63, 3.8) is 0 Å². The van der Waals surface area contributed by atoms with E-state index in [4.69, 9.17) is 0 Å². The van der Waals surface area contributed by atoms with Crippen molar-refractivity contribution in [1.82, 2.24) is 19.6 Å². The number of Topliss-reactive ketones (excluding diaryl/α,β-unsaturated/α-hetero) is 1. The molecule has 6 rings (SSSR count). The monoisotopic (exact) mass is 550 g/mol. The third kappa shape index (κ3) is 5.86. The van der Waals surface area contributed by atoms with Crippen molar-refractivity contribution in [2.24, 2.45) is 0 Å². The van der Waals surface area contributed by atoms with Gasteiger partial charge in [-0.25, -0.2) is 9.07 Å². The van der Waals surface area contributed by atoms with Gasteiger partial charge in [0.25, 0.3) is 5.91 Å². The van der Waals surface area contributed by atoms with Crippen LogP contribution < -0.4 is 0 Å². The average molecular weight is 551 g/mol. The van der Waals surface area contributed by atoms with Gasteiger partial charge in [-0.05, 0) is 74.7 Å². The molecule has 6 nitrogen and oxygen atoms in total. The lowest BCUT2D eigenvalue weighted by Gasteiger charge is -2.33. The molecule has 7 heteroatoms. The van der Waals surface area contributed by atoms with Crippen molar-refractivity contribution in [3.05, 3.63) is 119 Å². The molecular formula is C34H35FN4O2. The molecule has 0 N–H and O–H groups in total. The van der Waals surface area contributed by atoms with Gasteiger partial charge in [0.15, 0.2) is 5.78 Å². The summed E-state index contributed by atoms with van der Waals surface area (Å²) in [7, 11) is 0. The second-order valence-electron chi connectivity index (χ2n) is 11.3. The molecule has 1 atom stereocenters. The van der Waals surface area contributed by atoms with Gasteiger partial charge in [-0.1, -0.05) is 54.6 Å². The number of amides is 1. The molecule has 4 aromatic rings. The first-order valence-electron chi connectivity index (χ1n) is 14.5. The third-order valence-electron chi connectivity index (χ3n) is 8.60. The third-order valence-corrected chi connectivity index (χ3v) is 8.60. The quantitative estimate of drug-likeness (QED) is 0.256. The summed E-state index contributed by atoms with van der Waals surface area (Å²) in [5.41, 5.74) is 5.52. The summed E-state index contributed by atoms with van der Waals surface area (Å²) >= 11 is 0. The Bertz CT molecular complexity index is 1510. The van der Waals surface area contributed by atoms with Crippen molar-refractivity contribution in [1.29, 1.82) is 0 Å². The number of nitrogens with zero attached hydrogens (tertiary/aromatic N) is 4. The lowest BCUT2D eigenvalue weighted by molar-refractivity contribution is 0.0788. The first-order chi connectivity index (χ1) is 20.0. The van der Waals surface area contributed by atoms with Crippen LogP contribution in [0.5, 0.6) is 0 Å². The number of aromatic nitrogens is 2. The first kappa shape index (κ1) is 27.1. The van der Waals surface area contributed by atoms with Gasteiger partial charge in [0.2, 0.25) is 0 Å². The van der Waals surface area contributed by atoms with E-state index in [-0.39, 0.29) is 23.4 Å². The molecule has 1 amide bonds. The number of likely N-dealkylation sites (tertiary alicyclic amines) is 2. The maximum absolute atomic E-state index is 13.9. The summed E-state index contributed by atoms with van der Waals surface area (Å²) in [5, 5.41) is 4.68. The molecule has 3 aromatic carbocycles. The second-order valence-corrected chi connectivity index (χ2v) is 11.3. The van der Waals surface area contributed by atoms with E-state index in [0.717, 1.165) is 62.4 Å². The lowest BCUT2D eigenvalue weighted by atomic mass is 9.90. The first-order valence-corrected chi connectivity index (χ1v) is 14.5. The number of rotatable bonds is 7. The number of benzene rings is 3. The molecule has 0 aliphatic carbocycles. The van der Waals surface area contributed by atoms with Gasteiger partial charge >= 0.3 is 0 Å². The number of halogens is 1. The molecule has 2 aliphatic heterocycles. The van der Waals surface area contributed by atoms with E-state index in [9.17, 15) is 14.0 Å². The Labute approximate surface area is 240 Å². The van der Waals surface area contributed by atoms with Crippen LogP contribution in [0.3, 0.4) is 0 Å². The Balaban J connectivity index is 1.21. The van der Waals surface area contributed by atoms with E-state index in [1.54, 1.807) is 25.3 Å². The van der Waals surface area contributed by atoms with E-state index in [0.29, 0.717) is 18.0 Å². The summed E-state index contributed by atoms with van der Waals surface area (Å²) in [6, 6.07) is 24.6. The van der Waals surface area contributed by atoms with Crippen molar-refractivity contribution in [2.45, 2.75) is 44.6 Å². The van der Waals surface area contributed by atoms with Crippen LogP contribution in [0.4, 0.5) is 4.39 Å². The van der Waals surface area contributed by atoms with Crippen molar-refractivity contribution in [3.8, 4) is 5.69 Å². The van der Waals surface area contributed by atoms with Gasteiger partial charge in [0, 0.05) is 37.0 Å². The van der Waals surface area contributed by atoms with Crippen LogP contribution in [-0.2, 0) is 6.54 Å². The van der Waals surface area contributed by atoms with Gasteiger partial charge < -0.3 is 4.90 Å². The molecule has 2 aliphatic rings. The summed E-state index contributed by atoms with van der Waals surface area (Å²) in [4.78, 5) is 30.0. The van der Waals surface area contributed by atoms with Gasteiger partial charge in [0.05, 0.1) is 23.1 Å². The number of hydrogen-bond acceptors (Lipinski definition) is 4. The van der Waals surface area contributed by atoms with E-state index in [1.165, 1.54) is 23.3 Å². The number of carbonyl (C=O) groups is 2. The number of piperidine rings is 1. The highest BCUT2D eigenvalue weighted by Gasteiger charge is 2.34. The fraction of sp³-hybridized carbons (Fsp3) is 0.324. The van der Waals surface area contributed by atoms with Crippen LogP contribution in [0.25, 0.3) is 5.69 Å². The molecule has 0 unspecified atom stereocenters. The molecule has 210 valence electrons. The summed E-state index contributed by atoms with van der Waals surface area (Å²) < 4.78 is 15.6. The molecule has 0 bridgehead atoms. The maximum atomic E-state index is 13.9. The molecule has 0 radical (unpaired) electrons. The zero-order chi connectivity index (χ0) is 28.3. The van der Waals surface area contributed by atoms with Gasteiger partial charge in [-0.2, -0.15) is 5.10 Å². The van der Waals surface area contributed by atoms with Crippen LogP contribution in [-0.4, -0.2) is 57.4 Å². The fourth-order valence-corrected chi connectivity index (χ4v) is 6.28. The Morgan fingerprint density at radius 3 is 2.22 bits per heavy atom. The predicted molar refractivity (Wildman–Crippen MR) is 157 cm³/mol. The van der Waals surface area contributed by atoms with Crippen LogP contribution >= 0.6 is 0 Å². The van der Waals surface area contributed by atoms with E-state index >= 15 is 0 Å². The maximum Gasteiger partial charge on any atom is 0.257 e. The minimum atomic E-state index is -0.299. The summed E-state index contributed by atoms with van der Waals surface area (Å²) in [5.74, 6) is 0.297. The van der Waals surface area contributed by atoms with Crippen LogP contribution in [0.2, 0.25) is 0 Å². The zero-order valence-corrected chi connectivity index (χ0v) is 23.4. The molecular weight excluding hydrogens is 515 g/mol. The Hall–Kier alpha value is -4.10. The molecule has 0 saturated carbocycles. The number of ketones is 1. The fourth-order valence-electron chi connectivity index (χ4n) is 6.28. The molecule has 3 heterocycles. The Morgan fingerprint density at radius 2 is 1.54 bits per heavy atom. The molecule has 2 saturated heterocycles. The van der Waals surface area contributed by atoms with Gasteiger partial charge in [-0.15, -0.1) is 0 Å². The highest BCUT2D eigenvalue weighted by atomic mass is 19.1. The largest absolute Gasteiger partial charge is 0.338 e. The van der Waals surface area contributed by atoms with Crippen LogP contribution in [0, 0.1) is 5.82 Å². The summed E-state index contributed by atoms with van der Waals surface area (Å²) in [6.07, 6.45) is 4.44. The molecule has 1 aromatic heterocycles. The summed E-state index contributed by atoms with van der Waals surface area (Å²) in [6.45, 7) is 5.61. The van der Waals surface area contributed by atoms with Crippen LogP contribution in [0.15, 0.2) is 85.1 Å². The minimum Gasteiger partial charge on any atom is -0.338 e. The SMILES string of the molecule is CC(=O)c1ccc(CN2CCC(c3c(C(=O)N4CC[C@H](c5ccccc5)C4)cnn3-c3ccc(F)cc3)CC2)cc1. The molecule has 41 heavy (non-hydrogen) atoms. The number of hydrogen-bond donors (Lipinski definition) is 0. The molecule has 0 spiro atoms. The van der Waals surface area contributed by atoms with E-state index in [2.05, 4.69) is 34.3 Å². The second kappa shape index (κ2) is 11.8. The predicted octanol–water partition coefficient (Wildman–Crippen LogP) is 6.22. The highest BCUT2D eigenvalue weighted by Crippen LogP contribution is 2.35. The highest BCUT2D eigenvalue weighted by molar-refractivity contribution is 5.96. The lowest BCUT2D eigenvalue weighted by Crippen LogP contribution is -2.34. The standard InChI is InChI=1S/C34H35FN4O2/c1-24(40)26-9-7-25(8-10-26)22-37-18-15-28(16-19-37)33-32(21-36-39(33)31-13-11-30(35)12-14-31)34(41)38-20-17-29(23-38)27-5-3-2-4-6-27/h2-14,21,28-29H,15-20,22-23H2,1H3/t29-/m0/s1. The Kier molecular flexibility index (Phi) is 7.79. The minimum absolute atomic E-state index is 0.0276. The molecule has 2 fully saturated rings. The van der Waals surface area contributed by atoms with Crippen molar-refractivity contribution >= 4 is 11.7 Å². The van der Waals surface area contributed by atoms with E-state index in [1.807, 2.05) is 39.9 Å². The Morgan fingerprint density at radius 1 is 0.854 bits per heavy atom. The average Bonchev–Trinajstić information content (AvgIpc) is 3.67. The van der Waals surface area contributed by atoms with Gasteiger partial charge in [0.1, 0.15) is 5.82 Å². The van der Waals surface area contributed by atoms with Crippen molar-refractivity contribution < 1.29 is 14.0 Å². The number of carbonyl (C=O) groups excluding carboxylic acids is 2.